The van der Waals surface area contributed by atoms with Crippen molar-refractivity contribution in [3.8, 4) is 0 Å². The molecule has 0 amide bonds. The predicted octanol–water partition coefficient (Wildman–Crippen LogP) is 1.30. The van der Waals surface area contributed by atoms with Gasteiger partial charge < -0.3 is 15.4 Å². The fourth-order valence-electron chi connectivity index (χ4n) is 4.71. The minimum absolute atomic E-state index is 0.232. The standard InChI is InChI=1S/C16H31N3O/c1-18(10-13-4-3-7-20-11-13)16(12-17)8-14-5-6-15(9-16)19(14)2/h13-15H,3-12,17H2,1-2H3. The molecule has 4 nitrogen and oxygen atoms in total. The molecule has 0 saturated carbocycles. The van der Waals surface area contributed by atoms with Gasteiger partial charge in [-0.15, -0.1) is 0 Å². The number of rotatable bonds is 4. The van der Waals surface area contributed by atoms with Crippen LogP contribution in [0.4, 0.5) is 0 Å². The quantitative estimate of drug-likeness (QED) is 0.843. The Labute approximate surface area is 123 Å². The van der Waals surface area contributed by atoms with E-state index in [2.05, 4.69) is 23.9 Å². The molecule has 0 radical (unpaired) electrons. The van der Waals surface area contributed by atoms with Crippen molar-refractivity contribution in [2.24, 2.45) is 11.7 Å². The van der Waals surface area contributed by atoms with Crippen molar-refractivity contribution in [2.75, 3.05) is 40.4 Å². The molecule has 0 spiro atoms. The molecule has 3 saturated heterocycles. The Kier molecular flexibility index (Phi) is 4.37. The van der Waals surface area contributed by atoms with Crippen LogP contribution in [0.5, 0.6) is 0 Å². The number of likely N-dealkylation sites (N-methyl/N-ethyl adjacent to an activating group) is 1. The Morgan fingerprint density at radius 2 is 1.95 bits per heavy atom. The number of nitrogens with zero attached hydrogens (tertiary/aromatic N) is 2. The van der Waals surface area contributed by atoms with Gasteiger partial charge in [-0.1, -0.05) is 0 Å². The van der Waals surface area contributed by atoms with E-state index in [1.165, 1.54) is 38.5 Å². The number of hydrogen-bond donors (Lipinski definition) is 1. The van der Waals surface area contributed by atoms with E-state index in [1.54, 1.807) is 0 Å². The molecule has 2 bridgehead atoms. The molecule has 3 atom stereocenters. The third-order valence-corrected chi connectivity index (χ3v) is 6.19. The van der Waals surface area contributed by atoms with Gasteiger partial charge in [-0.3, -0.25) is 4.90 Å². The van der Waals surface area contributed by atoms with Gasteiger partial charge in [0.2, 0.25) is 0 Å². The molecule has 3 aliphatic rings. The van der Waals surface area contributed by atoms with E-state index in [1.807, 2.05) is 0 Å². The Morgan fingerprint density at radius 1 is 1.25 bits per heavy atom. The van der Waals surface area contributed by atoms with Gasteiger partial charge in [0.15, 0.2) is 0 Å². The summed E-state index contributed by atoms with van der Waals surface area (Å²) in [5.74, 6) is 0.703. The molecule has 2 N–H and O–H groups in total. The first-order chi connectivity index (χ1) is 9.64. The maximum atomic E-state index is 6.25. The van der Waals surface area contributed by atoms with Gasteiger partial charge in [0.05, 0.1) is 6.61 Å². The van der Waals surface area contributed by atoms with Crippen LogP contribution >= 0.6 is 0 Å². The van der Waals surface area contributed by atoms with Crippen molar-refractivity contribution in [3.63, 3.8) is 0 Å². The van der Waals surface area contributed by atoms with E-state index in [0.29, 0.717) is 5.92 Å². The van der Waals surface area contributed by atoms with Crippen LogP contribution in [0.3, 0.4) is 0 Å². The van der Waals surface area contributed by atoms with E-state index in [9.17, 15) is 0 Å². The van der Waals surface area contributed by atoms with Crippen molar-refractivity contribution >= 4 is 0 Å². The molecule has 3 rings (SSSR count). The molecular weight excluding hydrogens is 250 g/mol. The summed E-state index contributed by atoms with van der Waals surface area (Å²) in [7, 11) is 4.60. The molecule has 0 aliphatic carbocycles. The highest BCUT2D eigenvalue weighted by atomic mass is 16.5. The normalized spacial score (nSPS) is 42.3. The van der Waals surface area contributed by atoms with Crippen LogP contribution in [0, 0.1) is 5.92 Å². The summed E-state index contributed by atoms with van der Waals surface area (Å²) >= 11 is 0. The predicted molar refractivity (Wildman–Crippen MR) is 81.8 cm³/mol. The molecule has 3 fully saturated rings. The maximum Gasteiger partial charge on any atom is 0.0506 e. The van der Waals surface area contributed by atoms with Crippen molar-refractivity contribution in [1.82, 2.24) is 9.80 Å². The lowest BCUT2D eigenvalue weighted by atomic mass is 9.81. The van der Waals surface area contributed by atoms with Gasteiger partial charge in [0.25, 0.3) is 0 Å². The van der Waals surface area contributed by atoms with Gasteiger partial charge in [-0.05, 0) is 58.5 Å². The van der Waals surface area contributed by atoms with E-state index in [0.717, 1.165) is 38.4 Å². The Hall–Kier alpha value is -0.160. The smallest absolute Gasteiger partial charge is 0.0506 e. The topological polar surface area (TPSA) is 41.7 Å². The third kappa shape index (κ3) is 2.63. The highest BCUT2D eigenvalue weighted by molar-refractivity contribution is 5.06. The van der Waals surface area contributed by atoms with Crippen LogP contribution in [0.25, 0.3) is 0 Å². The lowest BCUT2D eigenvalue weighted by Crippen LogP contribution is -2.61. The second-order valence-corrected chi connectivity index (χ2v) is 7.35. The monoisotopic (exact) mass is 281 g/mol. The minimum atomic E-state index is 0.232. The SMILES string of the molecule is CN1C2CCC1CC(CN)(N(C)CC1CCCOC1)C2. The molecule has 0 aromatic heterocycles. The molecule has 3 aliphatic heterocycles. The van der Waals surface area contributed by atoms with Crippen LogP contribution < -0.4 is 5.73 Å². The number of piperidine rings is 1. The highest BCUT2D eigenvalue weighted by Crippen LogP contribution is 2.42. The van der Waals surface area contributed by atoms with Crippen LogP contribution in [0.15, 0.2) is 0 Å². The second kappa shape index (κ2) is 5.91. The summed E-state index contributed by atoms with van der Waals surface area (Å²) in [6.07, 6.45) is 7.77. The maximum absolute atomic E-state index is 6.25. The van der Waals surface area contributed by atoms with Crippen molar-refractivity contribution in [2.45, 2.75) is 56.1 Å². The van der Waals surface area contributed by atoms with E-state index in [4.69, 9.17) is 10.5 Å². The van der Waals surface area contributed by atoms with Crippen LogP contribution in [-0.2, 0) is 4.74 Å². The molecule has 0 aromatic rings. The number of nitrogens with two attached hydrogens (primary N) is 1. The molecule has 3 unspecified atom stereocenters. The van der Waals surface area contributed by atoms with Crippen LogP contribution in [0.1, 0.15) is 38.5 Å². The summed E-state index contributed by atoms with van der Waals surface area (Å²) in [5, 5.41) is 0. The van der Waals surface area contributed by atoms with Crippen LogP contribution in [-0.4, -0.2) is 67.8 Å². The Balaban J connectivity index is 1.66. The van der Waals surface area contributed by atoms with Gasteiger partial charge in [-0.25, -0.2) is 0 Å². The largest absolute Gasteiger partial charge is 0.381 e. The molecule has 3 heterocycles. The van der Waals surface area contributed by atoms with E-state index >= 15 is 0 Å². The van der Waals surface area contributed by atoms with Crippen molar-refractivity contribution < 1.29 is 4.74 Å². The summed E-state index contributed by atoms with van der Waals surface area (Å²) in [6, 6.07) is 1.50. The first-order valence-corrected chi connectivity index (χ1v) is 8.35. The van der Waals surface area contributed by atoms with E-state index < -0.39 is 0 Å². The summed E-state index contributed by atoms with van der Waals surface area (Å²) < 4.78 is 5.64. The van der Waals surface area contributed by atoms with Crippen molar-refractivity contribution in [3.05, 3.63) is 0 Å². The zero-order valence-corrected chi connectivity index (χ0v) is 13.2. The molecule has 116 valence electrons. The lowest BCUT2D eigenvalue weighted by Gasteiger charge is -2.50. The zero-order valence-electron chi connectivity index (χ0n) is 13.2. The fourth-order valence-corrected chi connectivity index (χ4v) is 4.71. The first-order valence-electron chi connectivity index (χ1n) is 8.35. The number of ether oxygens (including phenoxy) is 1. The number of fused-ring (bicyclic) bond motifs is 2. The minimum Gasteiger partial charge on any atom is -0.381 e. The van der Waals surface area contributed by atoms with Crippen molar-refractivity contribution in [1.29, 1.82) is 0 Å². The zero-order chi connectivity index (χ0) is 14.2. The molecular formula is C16H31N3O. The molecule has 4 heteroatoms. The molecule has 20 heavy (non-hydrogen) atoms. The van der Waals surface area contributed by atoms with Gasteiger partial charge in [-0.2, -0.15) is 0 Å². The van der Waals surface area contributed by atoms with E-state index in [-0.39, 0.29) is 5.54 Å². The summed E-state index contributed by atoms with van der Waals surface area (Å²) in [5.41, 5.74) is 6.48. The Morgan fingerprint density at radius 3 is 2.50 bits per heavy atom. The molecule has 0 aromatic carbocycles. The average molecular weight is 281 g/mol. The van der Waals surface area contributed by atoms with Gasteiger partial charge in [0.1, 0.15) is 0 Å². The van der Waals surface area contributed by atoms with Gasteiger partial charge in [0, 0.05) is 37.3 Å². The van der Waals surface area contributed by atoms with Gasteiger partial charge >= 0.3 is 0 Å². The summed E-state index contributed by atoms with van der Waals surface area (Å²) in [4.78, 5) is 5.19. The Bertz CT molecular complexity index is 316. The fraction of sp³-hybridized carbons (Fsp3) is 1.00. The number of hydrogen-bond acceptors (Lipinski definition) is 4. The summed E-state index contributed by atoms with van der Waals surface area (Å²) in [6.45, 7) is 3.85. The van der Waals surface area contributed by atoms with Crippen LogP contribution in [0.2, 0.25) is 0 Å². The first kappa shape index (κ1) is 14.8. The average Bonchev–Trinajstić information content (AvgIpc) is 2.70. The highest BCUT2D eigenvalue weighted by Gasteiger charge is 2.48. The second-order valence-electron chi connectivity index (χ2n) is 7.35. The lowest BCUT2D eigenvalue weighted by molar-refractivity contribution is -0.0151. The third-order valence-electron chi connectivity index (χ3n) is 6.19.